The Morgan fingerprint density at radius 1 is 1.31 bits per heavy atom. The fraction of sp³-hybridized carbons (Fsp3) is 0.353. The first-order valence-corrected chi connectivity index (χ1v) is 8.74. The molecule has 1 saturated carbocycles. The number of carbonyl (C=O) groups is 2. The summed E-state index contributed by atoms with van der Waals surface area (Å²) in [5.41, 5.74) is 1.71. The van der Waals surface area contributed by atoms with Crippen molar-refractivity contribution in [1.29, 1.82) is 0 Å². The number of imidazole rings is 1. The molecular formula is C17H16ClFN2O4S. The number of aromatic nitrogens is 2. The molecule has 1 aliphatic carbocycles. The Hall–Kier alpha value is -2.19. The van der Waals surface area contributed by atoms with E-state index >= 15 is 0 Å². The number of rotatable bonds is 4. The third-order valence-corrected chi connectivity index (χ3v) is 5.18. The molecule has 4 rings (SSSR count). The molecule has 1 aromatic carbocycles. The number of halogens is 2. The molecule has 0 radical (unpaired) electrons. The van der Waals surface area contributed by atoms with Crippen LogP contribution in [0.5, 0.6) is 0 Å². The van der Waals surface area contributed by atoms with E-state index in [2.05, 4.69) is 4.98 Å². The van der Waals surface area contributed by atoms with Crippen LogP contribution in [0, 0.1) is 22.4 Å². The number of nitrogens with zero attached hydrogens (tertiary/aromatic N) is 1. The van der Waals surface area contributed by atoms with E-state index in [1.165, 1.54) is 24.3 Å². The van der Waals surface area contributed by atoms with Crippen molar-refractivity contribution in [2.75, 3.05) is 0 Å². The second-order valence-corrected chi connectivity index (χ2v) is 7.20. The largest absolute Gasteiger partial charge is 0.481 e. The van der Waals surface area contributed by atoms with E-state index in [1.807, 2.05) is 4.57 Å². The second kappa shape index (κ2) is 7.20. The van der Waals surface area contributed by atoms with Crippen LogP contribution in [-0.2, 0) is 22.6 Å². The average molecular weight is 399 g/mol. The van der Waals surface area contributed by atoms with E-state index < -0.39 is 17.9 Å². The number of carboxylic acids is 2. The number of nitrogens with one attached hydrogen (secondary N) is 1. The number of hydrogen-bond donors (Lipinski definition) is 3. The first-order valence-electron chi connectivity index (χ1n) is 7.96. The van der Waals surface area contributed by atoms with Gasteiger partial charge < -0.3 is 19.8 Å². The van der Waals surface area contributed by atoms with E-state index in [1.54, 1.807) is 0 Å². The fourth-order valence-corrected chi connectivity index (χ4v) is 3.65. The van der Waals surface area contributed by atoms with E-state index in [4.69, 9.17) is 34.0 Å². The molecule has 0 amide bonds. The van der Waals surface area contributed by atoms with Gasteiger partial charge in [0.25, 0.3) is 0 Å². The Balaban J connectivity index is 0.000000206. The summed E-state index contributed by atoms with van der Waals surface area (Å²) in [6.45, 7) is 0.875. The highest BCUT2D eigenvalue weighted by molar-refractivity contribution is 7.71. The maximum Gasteiger partial charge on any atom is 0.318 e. The molecule has 1 aliphatic heterocycles. The van der Waals surface area contributed by atoms with Gasteiger partial charge in [-0.15, -0.1) is 0 Å². The average Bonchev–Trinajstić information content (AvgIpc) is 3.12. The molecule has 0 bridgehead atoms. The van der Waals surface area contributed by atoms with Crippen LogP contribution >= 0.6 is 23.8 Å². The third-order valence-electron chi connectivity index (χ3n) is 4.60. The predicted octanol–water partition coefficient (Wildman–Crippen LogP) is 3.47. The van der Waals surface area contributed by atoms with E-state index in [9.17, 15) is 14.0 Å². The lowest BCUT2D eigenvalue weighted by molar-refractivity contribution is -0.154. The Bertz CT molecular complexity index is 873. The molecule has 1 fully saturated rings. The molecule has 3 N–H and O–H groups in total. The van der Waals surface area contributed by atoms with Crippen molar-refractivity contribution in [2.24, 2.45) is 11.8 Å². The van der Waals surface area contributed by atoms with Gasteiger partial charge in [-0.05, 0) is 48.8 Å². The zero-order chi connectivity index (χ0) is 19.0. The summed E-state index contributed by atoms with van der Waals surface area (Å²) in [5.74, 6) is -3.24. The van der Waals surface area contributed by atoms with Gasteiger partial charge in [0.1, 0.15) is 5.82 Å². The molecule has 26 heavy (non-hydrogen) atoms. The van der Waals surface area contributed by atoms with Crippen LogP contribution in [0.25, 0.3) is 0 Å². The number of carboxylic acid groups (broad SMARTS) is 2. The van der Waals surface area contributed by atoms with Gasteiger partial charge in [0.15, 0.2) is 10.7 Å². The van der Waals surface area contributed by atoms with Crippen molar-refractivity contribution in [2.45, 2.75) is 25.3 Å². The SMILES string of the molecule is Fc1ccc(Cl)cc1.O=C(O)C(Cc1[nH]c(=S)n2c1C1CC1C2)C(=O)O. The molecule has 6 nitrogen and oxygen atoms in total. The Morgan fingerprint density at radius 3 is 2.46 bits per heavy atom. The minimum atomic E-state index is -1.42. The lowest BCUT2D eigenvalue weighted by atomic mass is 10.0. The number of hydrogen-bond acceptors (Lipinski definition) is 3. The van der Waals surface area contributed by atoms with Gasteiger partial charge in [-0.25, -0.2) is 4.39 Å². The Labute approximate surface area is 158 Å². The predicted molar refractivity (Wildman–Crippen MR) is 94.3 cm³/mol. The molecule has 138 valence electrons. The third kappa shape index (κ3) is 3.81. The highest BCUT2D eigenvalue weighted by atomic mass is 35.5. The van der Waals surface area contributed by atoms with Gasteiger partial charge in [-0.1, -0.05) is 11.6 Å². The van der Waals surface area contributed by atoms with Gasteiger partial charge in [-0.3, -0.25) is 9.59 Å². The molecule has 2 unspecified atom stereocenters. The Morgan fingerprint density at radius 2 is 1.92 bits per heavy atom. The van der Waals surface area contributed by atoms with Gasteiger partial charge in [0, 0.05) is 35.3 Å². The van der Waals surface area contributed by atoms with Gasteiger partial charge >= 0.3 is 11.9 Å². The number of aliphatic carboxylic acids is 2. The summed E-state index contributed by atoms with van der Waals surface area (Å²) in [6, 6.07) is 5.67. The van der Waals surface area contributed by atoms with Crippen molar-refractivity contribution >= 4 is 35.8 Å². The molecule has 0 saturated heterocycles. The quantitative estimate of drug-likeness (QED) is 0.541. The maximum atomic E-state index is 12.0. The zero-order valence-electron chi connectivity index (χ0n) is 13.5. The molecule has 2 aromatic rings. The summed E-state index contributed by atoms with van der Waals surface area (Å²) in [7, 11) is 0. The lowest BCUT2D eigenvalue weighted by Crippen LogP contribution is -2.26. The van der Waals surface area contributed by atoms with Crippen molar-refractivity contribution in [3.05, 3.63) is 51.3 Å². The van der Waals surface area contributed by atoms with E-state index in [-0.39, 0.29) is 12.2 Å². The monoisotopic (exact) mass is 398 g/mol. The first kappa shape index (κ1) is 18.6. The van der Waals surface area contributed by atoms with E-state index in [0.717, 1.165) is 18.7 Å². The lowest BCUT2D eigenvalue weighted by Gasteiger charge is -2.07. The molecule has 1 aromatic heterocycles. The minimum absolute atomic E-state index is 0.0279. The highest BCUT2D eigenvalue weighted by Gasteiger charge is 2.48. The van der Waals surface area contributed by atoms with Crippen LogP contribution in [0.2, 0.25) is 5.02 Å². The standard InChI is InChI=1S/C11H12N2O4S.C6H4ClF/c14-9(15)6(10(16)17)2-7-8-5-1-4(5)3-13(8)11(18)12-7;7-5-1-3-6(8)4-2-5/h4-6H,1-3H2,(H,12,18)(H,14,15)(H,16,17);1-4H. The summed E-state index contributed by atoms with van der Waals surface area (Å²) in [5, 5.41) is 18.4. The fourth-order valence-electron chi connectivity index (χ4n) is 3.23. The topological polar surface area (TPSA) is 95.3 Å². The summed E-state index contributed by atoms with van der Waals surface area (Å²) in [4.78, 5) is 24.8. The zero-order valence-corrected chi connectivity index (χ0v) is 15.1. The van der Waals surface area contributed by atoms with Crippen LogP contribution in [0.15, 0.2) is 24.3 Å². The van der Waals surface area contributed by atoms with Crippen molar-refractivity contribution in [3.8, 4) is 0 Å². The highest BCUT2D eigenvalue weighted by Crippen LogP contribution is 2.54. The molecule has 9 heteroatoms. The normalized spacial score (nSPS) is 19.3. The summed E-state index contributed by atoms with van der Waals surface area (Å²) >= 11 is 10.6. The van der Waals surface area contributed by atoms with Crippen LogP contribution < -0.4 is 0 Å². The van der Waals surface area contributed by atoms with Crippen molar-refractivity contribution in [1.82, 2.24) is 9.55 Å². The molecular weight excluding hydrogens is 383 g/mol. The summed E-state index contributed by atoms with van der Waals surface area (Å²) < 4.78 is 14.6. The first-order chi connectivity index (χ1) is 12.3. The number of benzene rings is 1. The van der Waals surface area contributed by atoms with Crippen LogP contribution in [0.1, 0.15) is 23.7 Å². The second-order valence-electron chi connectivity index (χ2n) is 6.38. The van der Waals surface area contributed by atoms with Crippen LogP contribution in [0.4, 0.5) is 4.39 Å². The van der Waals surface area contributed by atoms with Gasteiger partial charge in [0.05, 0.1) is 0 Å². The molecule has 2 aliphatic rings. The maximum absolute atomic E-state index is 12.0. The van der Waals surface area contributed by atoms with Crippen LogP contribution in [0.3, 0.4) is 0 Å². The van der Waals surface area contributed by atoms with Gasteiger partial charge in [0.2, 0.25) is 0 Å². The van der Waals surface area contributed by atoms with Gasteiger partial charge in [-0.2, -0.15) is 0 Å². The molecule has 0 spiro atoms. The number of aromatic amines is 1. The Kier molecular flexibility index (Phi) is 5.15. The van der Waals surface area contributed by atoms with Crippen LogP contribution in [-0.4, -0.2) is 31.7 Å². The van der Waals surface area contributed by atoms with Crippen molar-refractivity contribution in [3.63, 3.8) is 0 Å². The minimum Gasteiger partial charge on any atom is -0.481 e. The van der Waals surface area contributed by atoms with E-state index in [0.29, 0.717) is 27.3 Å². The number of fused-ring (bicyclic) bond motifs is 3. The number of H-pyrrole nitrogens is 1. The smallest absolute Gasteiger partial charge is 0.318 e. The summed E-state index contributed by atoms with van der Waals surface area (Å²) in [6.07, 6.45) is 1.07. The van der Waals surface area contributed by atoms with Crippen molar-refractivity contribution < 1.29 is 24.2 Å². The molecule has 2 atom stereocenters. The molecule has 2 heterocycles.